The average molecular weight is 728 g/mol. The van der Waals surface area contributed by atoms with Gasteiger partial charge in [0.1, 0.15) is 35.1 Å². The lowest BCUT2D eigenvalue weighted by atomic mass is 9.83. The van der Waals surface area contributed by atoms with Gasteiger partial charge in [-0.05, 0) is 52.0 Å². The van der Waals surface area contributed by atoms with E-state index in [2.05, 4.69) is 17.2 Å². The highest BCUT2D eigenvalue weighted by atomic mass is 16.6. The zero-order chi connectivity index (χ0) is 38.1. The molecule has 14 heteroatoms. The molecule has 3 aromatic rings. The molecule has 1 unspecified atom stereocenters. The third-order valence-corrected chi connectivity index (χ3v) is 10.3. The molecular formula is C39H45N5O9. The highest BCUT2D eigenvalue weighted by Crippen LogP contribution is 2.45. The second-order valence-corrected chi connectivity index (χ2v) is 15.1. The number of nitro groups is 1. The fraction of sp³-hybridized carbons (Fsp3) is 0.462. The maximum Gasteiger partial charge on any atom is 0.408 e. The summed E-state index contributed by atoms with van der Waals surface area (Å²) < 4.78 is 12.1. The predicted octanol–water partition coefficient (Wildman–Crippen LogP) is 5.78. The zero-order valence-electron chi connectivity index (χ0n) is 30.1. The molecule has 2 saturated carbocycles. The molecule has 5 atom stereocenters. The van der Waals surface area contributed by atoms with Crippen molar-refractivity contribution in [3.63, 3.8) is 0 Å². The van der Waals surface area contributed by atoms with Gasteiger partial charge < -0.3 is 30.1 Å². The number of hydrogen-bond donors (Lipinski definition) is 3. The zero-order valence-corrected chi connectivity index (χ0v) is 30.1. The summed E-state index contributed by atoms with van der Waals surface area (Å²) >= 11 is 0. The van der Waals surface area contributed by atoms with Crippen molar-refractivity contribution < 1.29 is 38.7 Å². The van der Waals surface area contributed by atoms with E-state index < -0.39 is 64.0 Å². The Labute approximate surface area is 307 Å². The number of pyridine rings is 1. The summed E-state index contributed by atoms with van der Waals surface area (Å²) in [7, 11) is 0. The summed E-state index contributed by atoms with van der Waals surface area (Å²) in [6.45, 7) is 8.79. The molecule has 2 aromatic carbocycles. The number of nitrogens with one attached hydrogen (secondary N) is 2. The highest BCUT2D eigenvalue weighted by molar-refractivity contribution is 5.96. The third kappa shape index (κ3) is 8.11. The Bertz CT molecular complexity index is 1920. The van der Waals surface area contributed by atoms with Crippen LogP contribution >= 0.6 is 0 Å². The molecule has 0 bridgehead atoms. The van der Waals surface area contributed by atoms with E-state index in [0.717, 1.165) is 24.8 Å². The standard InChI is InChI=1S/C39H45N5O9/c1-5-25-21-39(25,36(47)48)42-34(45)31-19-27(22-43(31)35(46)33(24-14-10-7-11-15-24)41-37(49)53-38(2,3)4)52-32-20-30(23-12-8-6-9-13-23)40-29-17-16-26(44(50)51)18-28(29)32/h5-6,8-9,12-13,16-18,20,24-25,27,31,33H,1,7,10-11,14-15,19,21-22H2,2-4H3,(H,41,49)(H,42,45)(H,47,48)/t25-,27+,31-,33-,39?/m0/s1. The Balaban J connectivity index is 1.36. The van der Waals surface area contributed by atoms with Gasteiger partial charge in [0.15, 0.2) is 0 Å². The Morgan fingerprint density at radius 3 is 2.43 bits per heavy atom. The van der Waals surface area contributed by atoms with Gasteiger partial charge in [-0.1, -0.05) is 55.7 Å². The van der Waals surface area contributed by atoms with E-state index >= 15 is 0 Å². The molecule has 0 spiro atoms. The number of hydrogen-bond acceptors (Lipinski definition) is 9. The molecular weight excluding hydrogens is 682 g/mol. The van der Waals surface area contributed by atoms with Crippen LogP contribution in [0.3, 0.4) is 0 Å². The lowest BCUT2D eigenvalue weighted by Gasteiger charge is -2.35. The van der Waals surface area contributed by atoms with Crippen LogP contribution in [-0.2, 0) is 19.1 Å². The normalized spacial score (nSPS) is 23.5. The van der Waals surface area contributed by atoms with E-state index in [1.165, 1.54) is 23.1 Å². The first kappa shape index (κ1) is 37.2. The van der Waals surface area contributed by atoms with Gasteiger partial charge in [-0.2, -0.15) is 0 Å². The van der Waals surface area contributed by atoms with E-state index in [0.29, 0.717) is 29.4 Å². The Hall–Kier alpha value is -5.53. The Morgan fingerprint density at radius 1 is 1.09 bits per heavy atom. The van der Waals surface area contributed by atoms with Crippen molar-refractivity contribution in [3.8, 4) is 17.0 Å². The van der Waals surface area contributed by atoms with Gasteiger partial charge in [-0.15, -0.1) is 6.58 Å². The summed E-state index contributed by atoms with van der Waals surface area (Å²) in [5.41, 5.74) is -0.762. The fourth-order valence-electron chi connectivity index (χ4n) is 7.49. The van der Waals surface area contributed by atoms with Crippen LogP contribution in [0.4, 0.5) is 10.5 Å². The number of carbonyl (C=O) groups excluding carboxylic acids is 3. The number of rotatable bonds is 11. The number of aromatic nitrogens is 1. The monoisotopic (exact) mass is 727 g/mol. The first-order chi connectivity index (χ1) is 25.2. The number of nitro benzene ring substituents is 1. The first-order valence-electron chi connectivity index (χ1n) is 18.0. The van der Waals surface area contributed by atoms with Crippen molar-refractivity contribution in [2.75, 3.05) is 6.54 Å². The van der Waals surface area contributed by atoms with Crippen LogP contribution in [0.1, 0.15) is 65.7 Å². The number of fused-ring (bicyclic) bond motifs is 1. The molecule has 1 aromatic heterocycles. The number of likely N-dealkylation sites (tertiary alicyclic amines) is 1. The summed E-state index contributed by atoms with van der Waals surface area (Å²) in [6, 6.07) is 13.1. The molecule has 3 N–H and O–H groups in total. The van der Waals surface area contributed by atoms with Crippen LogP contribution in [0.15, 0.2) is 67.3 Å². The van der Waals surface area contributed by atoms with Crippen molar-refractivity contribution in [2.45, 2.75) is 95.0 Å². The van der Waals surface area contributed by atoms with Gasteiger partial charge in [-0.25, -0.2) is 14.6 Å². The molecule has 280 valence electrons. The Kier molecular flexibility index (Phi) is 10.4. The molecule has 2 heterocycles. The maximum atomic E-state index is 14.7. The molecule has 0 radical (unpaired) electrons. The van der Waals surface area contributed by atoms with Crippen molar-refractivity contribution >= 4 is 40.5 Å². The summed E-state index contributed by atoms with van der Waals surface area (Å²) in [5.74, 6) is -2.82. The quantitative estimate of drug-likeness (QED) is 0.124. The number of carboxylic acid groups (broad SMARTS) is 1. The fourth-order valence-corrected chi connectivity index (χ4v) is 7.49. The SMILES string of the molecule is C=C[C@H]1CC1(NC(=O)[C@@H]1C[C@@H](Oc2cc(-c3ccccc3)nc3ccc([N+](=O)[O-])cc23)CN1C(=O)[C@@H](NC(=O)OC(C)(C)C)C1CCCCC1)C(=O)O. The summed E-state index contributed by atoms with van der Waals surface area (Å²) in [4.78, 5) is 71.5. The van der Waals surface area contributed by atoms with Gasteiger partial charge in [0.25, 0.3) is 5.69 Å². The Morgan fingerprint density at radius 2 is 1.81 bits per heavy atom. The minimum atomic E-state index is -1.55. The van der Waals surface area contributed by atoms with Crippen molar-refractivity contribution in [1.29, 1.82) is 0 Å². The average Bonchev–Trinajstić information content (AvgIpc) is 3.69. The minimum absolute atomic E-state index is 0.0186. The molecule has 14 nitrogen and oxygen atoms in total. The largest absolute Gasteiger partial charge is 0.488 e. The number of amides is 3. The molecule has 1 aliphatic heterocycles. The topological polar surface area (TPSA) is 190 Å². The van der Waals surface area contributed by atoms with Gasteiger partial charge >= 0.3 is 12.1 Å². The lowest BCUT2D eigenvalue weighted by molar-refractivity contribution is -0.384. The minimum Gasteiger partial charge on any atom is -0.488 e. The number of carboxylic acids is 1. The number of alkyl carbamates (subject to hydrolysis) is 1. The second kappa shape index (κ2) is 14.8. The number of ether oxygens (including phenoxy) is 2. The molecule has 1 saturated heterocycles. The molecule has 3 aliphatic rings. The number of carbonyl (C=O) groups is 4. The first-order valence-corrected chi connectivity index (χ1v) is 18.0. The number of aliphatic carboxylic acids is 1. The molecule has 53 heavy (non-hydrogen) atoms. The van der Waals surface area contributed by atoms with Crippen LogP contribution in [0, 0.1) is 22.0 Å². The van der Waals surface area contributed by atoms with Gasteiger partial charge in [0, 0.05) is 41.5 Å². The third-order valence-electron chi connectivity index (χ3n) is 10.3. The lowest BCUT2D eigenvalue weighted by Crippen LogP contribution is -2.58. The van der Waals surface area contributed by atoms with Crippen LogP contribution in [0.2, 0.25) is 0 Å². The summed E-state index contributed by atoms with van der Waals surface area (Å²) in [5, 5.41) is 27.7. The smallest absolute Gasteiger partial charge is 0.408 e. The van der Waals surface area contributed by atoms with E-state index in [-0.39, 0.29) is 36.7 Å². The molecule has 6 rings (SSSR count). The predicted molar refractivity (Wildman–Crippen MR) is 195 cm³/mol. The van der Waals surface area contributed by atoms with Gasteiger partial charge in [-0.3, -0.25) is 19.7 Å². The van der Waals surface area contributed by atoms with Crippen LogP contribution < -0.4 is 15.4 Å². The van der Waals surface area contributed by atoms with E-state index in [4.69, 9.17) is 14.5 Å². The molecule has 3 fully saturated rings. The maximum absolute atomic E-state index is 14.7. The van der Waals surface area contributed by atoms with Crippen LogP contribution in [0.25, 0.3) is 22.2 Å². The van der Waals surface area contributed by atoms with Crippen LogP contribution in [-0.4, -0.2) is 79.7 Å². The van der Waals surface area contributed by atoms with E-state index in [1.54, 1.807) is 32.9 Å². The number of benzene rings is 2. The summed E-state index contributed by atoms with van der Waals surface area (Å²) in [6.07, 6.45) is 4.18. The van der Waals surface area contributed by atoms with Gasteiger partial charge in [0.05, 0.1) is 22.7 Å². The van der Waals surface area contributed by atoms with Crippen molar-refractivity contribution in [3.05, 3.63) is 77.4 Å². The molecule has 3 amide bonds. The van der Waals surface area contributed by atoms with E-state index in [9.17, 15) is 34.4 Å². The van der Waals surface area contributed by atoms with Gasteiger partial charge in [0.2, 0.25) is 11.8 Å². The van der Waals surface area contributed by atoms with Crippen LogP contribution in [0.5, 0.6) is 5.75 Å². The van der Waals surface area contributed by atoms with E-state index in [1.807, 2.05) is 30.3 Å². The highest BCUT2D eigenvalue weighted by Gasteiger charge is 2.61. The van der Waals surface area contributed by atoms with Crippen molar-refractivity contribution in [2.24, 2.45) is 11.8 Å². The van der Waals surface area contributed by atoms with Crippen molar-refractivity contribution in [1.82, 2.24) is 20.5 Å². The number of non-ortho nitro benzene ring substituents is 1. The second-order valence-electron chi connectivity index (χ2n) is 15.1. The number of nitrogens with zero attached hydrogens (tertiary/aromatic N) is 3. The molecule has 2 aliphatic carbocycles.